The molecule has 0 bridgehead atoms. The first-order valence-corrected chi connectivity index (χ1v) is 4.06. The van der Waals surface area contributed by atoms with Crippen molar-refractivity contribution < 1.29 is 9.13 Å². The molecule has 0 aliphatic rings. The molecule has 0 saturated carbocycles. The molecule has 0 unspecified atom stereocenters. The fraction of sp³-hybridized carbons (Fsp3) is 0.273. The third-order valence-electron chi connectivity index (χ3n) is 2.05. The molecule has 1 aromatic rings. The zero-order valence-corrected chi connectivity index (χ0v) is 8.15. The molecule has 0 atom stereocenters. The monoisotopic (exact) mass is 180 g/mol. The van der Waals surface area contributed by atoms with E-state index in [4.69, 9.17) is 4.74 Å². The molecule has 0 aliphatic heterocycles. The van der Waals surface area contributed by atoms with E-state index < -0.39 is 0 Å². The lowest BCUT2D eigenvalue weighted by Crippen LogP contribution is -1.93. The molecule has 0 aromatic heterocycles. The van der Waals surface area contributed by atoms with Crippen LogP contribution < -0.4 is 0 Å². The number of benzene rings is 1. The van der Waals surface area contributed by atoms with Gasteiger partial charge in [0.2, 0.25) is 0 Å². The molecule has 1 rings (SSSR count). The molecule has 13 heavy (non-hydrogen) atoms. The quantitative estimate of drug-likeness (QED) is 0.635. The first kappa shape index (κ1) is 9.78. The van der Waals surface area contributed by atoms with Crippen LogP contribution in [0.15, 0.2) is 18.7 Å². The minimum atomic E-state index is -0.190. The normalized spacial score (nSPS) is 9.85. The van der Waals surface area contributed by atoms with Gasteiger partial charge in [0.05, 0.1) is 7.11 Å². The number of rotatable bonds is 2. The fourth-order valence-corrected chi connectivity index (χ4v) is 1.19. The van der Waals surface area contributed by atoms with E-state index in [1.165, 1.54) is 6.07 Å². The first-order chi connectivity index (χ1) is 6.06. The van der Waals surface area contributed by atoms with Crippen molar-refractivity contribution >= 4 is 5.76 Å². The minimum absolute atomic E-state index is 0.190. The van der Waals surface area contributed by atoms with Crippen molar-refractivity contribution in [3.8, 4) is 0 Å². The number of aryl methyl sites for hydroxylation is 2. The minimum Gasteiger partial charge on any atom is -0.497 e. The summed E-state index contributed by atoms with van der Waals surface area (Å²) in [6.45, 7) is 7.29. The SMILES string of the molecule is C=C(OC)c1cc(C)c(F)cc1C. The van der Waals surface area contributed by atoms with Crippen molar-refractivity contribution in [2.24, 2.45) is 0 Å². The Morgan fingerprint density at radius 1 is 1.31 bits per heavy atom. The largest absolute Gasteiger partial charge is 0.497 e. The van der Waals surface area contributed by atoms with Gasteiger partial charge in [0.15, 0.2) is 0 Å². The van der Waals surface area contributed by atoms with E-state index in [1.807, 2.05) is 6.92 Å². The Morgan fingerprint density at radius 3 is 2.46 bits per heavy atom. The predicted octanol–water partition coefficient (Wildman–Crippen LogP) is 3.06. The van der Waals surface area contributed by atoms with Crippen LogP contribution in [0.3, 0.4) is 0 Å². The van der Waals surface area contributed by atoms with E-state index in [1.54, 1.807) is 20.1 Å². The number of ether oxygens (including phenoxy) is 1. The molecule has 0 radical (unpaired) electrons. The van der Waals surface area contributed by atoms with Gasteiger partial charge in [0.1, 0.15) is 11.6 Å². The van der Waals surface area contributed by atoms with Gasteiger partial charge in [0.25, 0.3) is 0 Å². The highest BCUT2D eigenvalue weighted by molar-refractivity contribution is 5.61. The van der Waals surface area contributed by atoms with Crippen molar-refractivity contribution in [2.45, 2.75) is 13.8 Å². The molecule has 0 heterocycles. The third-order valence-corrected chi connectivity index (χ3v) is 2.05. The summed E-state index contributed by atoms with van der Waals surface area (Å²) in [5.41, 5.74) is 2.31. The van der Waals surface area contributed by atoms with Gasteiger partial charge in [-0.1, -0.05) is 6.58 Å². The summed E-state index contributed by atoms with van der Waals surface area (Å²) in [7, 11) is 1.56. The lowest BCUT2D eigenvalue weighted by atomic mass is 10.0. The van der Waals surface area contributed by atoms with E-state index >= 15 is 0 Å². The molecule has 0 N–H and O–H groups in total. The predicted molar refractivity (Wildman–Crippen MR) is 51.9 cm³/mol. The Labute approximate surface area is 77.8 Å². The van der Waals surface area contributed by atoms with Gasteiger partial charge in [-0.25, -0.2) is 4.39 Å². The van der Waals surface area contributed by atoms with Crippen molar-refractivity contribution in [1.29, 1.82) is 0 Å². The summed E-state index contributed by atoms with van der Waals surface area (Å²) in [6.07, 6.45) is 0. The molecule has 0 fully saturated rings. The van der Waals surface area contributed by atoms with Crippen LogP contribution in [0.1, 0.15) is 16.7 Å². The van der Waals surface area contributed by atoms with E-state index in [0.717, 1.165) is 11.1 Å². The second-order valence-electron chi connectivity index (χ2n) is 3.04. The number of methoxy groups -OCH3 is 1. The maximum atomic E-state index is 13.1. The molecule has 1 nitrogen and oxygen atoms in total. The first-order valence-electron chi connectivity index (χ1n) is 4.06. The summed E-state index contributed by atoms with van der Waals surface area (Å²) < 4.78 is 18.1. The third kappa shape index (κ3) is 1.89. The van der Waals surface area contributed by atoms with Crippen LogP contribution in [0.4, 0.5) is 4.39 Å². The van der Waals surface area contributed by atoms with Crippen LogP contribution in [0.2, 0.25) is 0 Å². The average Bonchev–Trinajstić information content (AvgIpc) is 2.10. The Hall–Kier alpha value is -1.31. The molecule has 1 aromatic carbocycles. The summed E-state index contributed by atoms with van der Waals surface area (Å²) >= 11 is 0. The van der Waals surface area contributed by atoms with Crippen molar-refractivity contribution in [3.05, 3.63) is 41.2 Å². The number of halogens is 1. The van der Waals surface area contributed by atoms with Gasteiger partial charge >= 0.3 is 0 Å². The van der Waals surface area contributed by atoms with Crippen molar-refractivity contribution in [3.63, 3.8) is 0 Å². The molecule has 0 spiro atoms. The molecule has 0 aliphatic carbocycles. The zero-order valence-electron chi connectivity index (χ0n) is 8.15. The van der Waals surface area contributed by atoms with Crippen LogP contribution in [0.25, 0.3) is 5.76 Å². The highest BCUT2D eigenvalue weighted by Gasteiger charge is 2.06. The molecular formula is C11H13FO. The summed E-state index contributed by atoms with van der Waals surface area (Å²) in [4.78, 5) is 0. The van der Waals surface area contributed by atoms with Gasteiger partial charge in [-0.15, -0.1) is 0 Å². The van der Waals surface area contributed by atoms with Gasteiger partial charge in [-0.3, -0.25) is 0 Å². The maximum Gasteiger partial charge on any atom is 0.126 e. The van der Waals surface area contributed by atoms with E-state index in [9.17, 15) is 4.39 Å². The summed E-state index contributed by atoms with van der Waals surface area (Å²) in [5, 5.41) is 0. The van der Waals surface area contributed by atoms with E-state index in [2.05, 4.69) is 6.58 Å². The van der Waals surface area contributed by atoms with Crippen molar-refractivity contribution in [2.75, 3.05) is 7.11 Å². The van der Waals surface area contributed by atoms with E-state index in [-0.39, 0.29) is 5.82 Å². The van der Waals surface area contributed by atoms with Gasteiger partial charge in [0, 0.05) is 5.56 Å². The van der Waals surface area contributed by atoms with Crippen LogP contribution >= 0.6 is 0 Å². The highest BCUT2D eigenvalue weighted by atomic mass is 19.1. The van der Waals surface area contributed by atoms with Crippen LogP contribution in [-0.4, -0.2) is 7.11 Å². The number of hydrogen-bond donors (Lipinski definition) is 0. The van der Waals surface area contributed by atoms with Crippen LogP contribution in [0, 0.1) is 19.7 Å². The van der Waals surface area contributed by atoms with Gasteiger partial charge in [-0.05, 0) is 37.1 Å². The summed E-state index contributed by atoms with van der Waals surface area (Å²) in [5.74, 6) is 0.380. The second-order valence-corrected chi connectivity index (χ2v) is 3.04. The van der Waals surface area contributed by atoms with Gasteiger partial charge in [-0.2, -0.15) is 0 Å². The zero-order chi connectivity index (χ0) is 10.0. The second kappa shape index (κ2) is 3.60. The fourth-order valence-electron chi connectivity index (χ4n) is 1.19. The molecular weight excluding hydrogens is 167 g/mol. The maximum absolute atomic E-state index is 13.1. The van der Waals surface area contributed by atoms with Crippen LogP contribution in [-0.2, 0) is 4.74 Å². The molecule has 2 heteroatoms. The number of hydrogen-bond acceptors (Lipinski definition) is 1. The molecule has 70 valence electrons. The lowest BCUT2D eigenvalue weighted by molar-refractivity contribution is 0.371. The smallest absolute Gasteiger partial charge is 0.126 e. The van der Waals surface area contributed by atoms with E-state index in [0.29, 0.717) is 11.3 Å². The molecule has 0 saturated heterocycles. The summed E-state index contributed by atoms with van der Waals surface area (Å²) in [6, 6.07) is 3.24. The molecule has 0 amide bonds. The highest BCUT2D eigenvalue weighted by Crippen LogP contribution is 2.21. The Kier molecular flexibility index (Phi) is 2.71. The Balaban J connectivity index is 3.23. The average molecular weight is 180 g/mol. The van der Waals surface area contributed by atoms with Crippen molar-refractivity contribution in [1.82, 2.24) is 0 Å². The Morgan fingerprint density at radius 2 is 1.92 bits per heavy atom. The van der Waals surface area contributed by atoms with Gasteiger partial charge < -0.3 is 4.74 Å². The Bertz CT molecular complexity index is 342. The standard InChI is InChI=1S/C11H13FO/c1-7-6-11(12)8(2)5-10(7)9(3)13-4/h5-6H,3H2,1-2,4H3. The lowest BCUT2D eigenvalue weighted by Gasteiger charge is -2.09. The topological polar surface area (TPSA) is 9.23 Å². The van der Waals surface area contributed by atoms with Crippen LogP contribution in [0.5, 0.6) is 0 Å².